The van der Waals surface area contributed by atoms with Crippen molar-refractivity contribution in [2.75, 3.05) is 0 Å². The van der Waals surface area contributed by atoms with E-state index in [-0.39, 0.29) is 5.28 Å². The Hall–Kier alpha value is -3.95. The lowest BCUT2D eigenvalue weighted by molar-refractivity contribution is 1.12. The fraction of sp³-hybridized carbons (Fsp3) is 0.0345. The van der Waals surface area contributed by atoms with Crippen molar-refractivity contribution in [3.8, 4) is 28.2 Å². The van der Waals surface area contributed by atoms with Crippen LogP contribution in [-0.2, 0) is 6.42 Å². The molecular formula is C29H18ClN3. The lowest BCUT2D eigenvalue weighted by atomic mass is 10.0. The fourth-order valence-electron chi connectivity index (χ4n) is 5.15. The van der Waals surface area contributed by atoms with E-state index >= 15 is 0 Å². The second-order valence-electron chi connectivity index (χ2n) is 8.42. The Balaban J connectivity index is 1.39. The first-order valence-electron chi connectivity index (χ1n) is 11.0. The highest BCUT2D eigenvalue weighted by Gasteiger charge is 2.25. The molecule has 1 aliphatic carbocycles. The minimum atomic E-state index is 0.284. The first kappa shape index (κ1) is 18.6. The maximum Gasteiger partial charge on any atom is 0.223 e. The van der Waals surface area contributed by atoms with E-state index in [0.29, 0.717) is 0 Å². The molecule has 0 saturated carbocycles. The molecule has 2 heterocycles. The molecule has 0 aliphatic heterocycles. The molecule has 0 bridgehead atoms. The smallest absolute Gasteiger partial charge is 0.223 e. The van der Waals surface area contributed by atoms with Gasteiger partial charge in [0.05, 0.1) is 22.4 Å². The zero-order chi connectivity index (χ0) is 21.9. The van der Waals surface area contributed by atoms with E-state index in [1.165, 1.54) is 27.4 Å². The molecule has 4 aromatic carbocycles. The molecule has 6 aromatic rings. The van der Waals surface area contributed by atoms with Gasteiger partial charge in [0.1, 0.15) is 0 Å². The van der Waals surface area contributed by atoms with Crippen LogP contribution in [0.2, 0.25) is 5.28 Å². The molecular weight excluding hydrogens is 426 g/mol. The second-order valence-corrected chi connectivity index (χ2v) is 8.76. The summed E-state index contributed by atoms with van der Waals surface area (Å²) in [7, 11) is 0. The van der Waals surface area contributed by atoms with Crippen LogP contribution in [0.15, 0.2) is 97.1 Å². The molecule has 0 unspecified atom stereocenters. The predicted octanol–water partition coefficient (Wildman–Crippen LogP) is 7.47. The van der Waals surface area contributed by atoms with Crippen LogP contribution < -0.4 is 0 Å². The van der Waals surface area contributed by atoms with E-state index < -0.39 is 0 Å². The summed E-state index contributed by atoms with van der Waals surface area (Å²) in [4.78, 5) is 9.20. The van der Waals surface area contributed by atoms with E-state index in [1.54, 1.807) is 0 Å². The molecule has 3 nitrogen and oxygen atoms in total. The largest absolute Gasteiger partial charge is 0.309 e. The van der Waals surface area contributed by atoms with Crippen molar-refractivity contribution in [2.45, 2.75) is 6.42 Å². The van der Waals surface area contributed by atoms with Gasteiger partial charge in [-0.1, -0.05) is 72.8 Å². The van der Waals surface area contributed by atoms with Crippen molar-refractivity contribution in [3.63, 3.8) is 0 Å². The van der Waals surface area contributed by atoms with Crippen LogP contribution in [0.3, 0.4) is 0 Å². The number of hydrogen-bond donors (Lipinski definition) is 0. The predicted molar refractivity (Wildman–Crippen MR) is 135 cm³/mol. The minimum Gasteiger partial charge on any atom is -0.309 e. The van der Waals surface area contributed by atoms with Crippen LogP contribution in [0, 0.1) is 0 Å². The van der Waals surface area contributed by atoms with Gasteiger partial charge in [-0.3, -0.25) is 0 Å². The Morgan fingerprint density at radius 1 is 0.636 bits per heavy atom. The molecule has 0 fully saturated rings. The van der Waals surface area contributed by atoms with Crippen molar-refractivity contribution < 1.29 is 0 Å². The van der Waals surface area contributed by atoms with Gasteiger partial charge in [0.2, 0.25) is 5.28 Å². The third-order valence-corrected chi connectivity index (χ3v) is 6.77. The van der Waals surface area contributed by atoms with Crippen LogP contribution in [0.25, 0.3) is 50.0 Å². The summed E-state index contributed by atoms with van der Waals surface area (Å²) in [5.74, 6) is 0. The normalized spacial score (nSPS) is 12.3. The van der Waals surface area contributed by atoms with Gasteiger partial charge >= 0.3 is 0 Å². The molecule has 156 valence electrons. The summed E-state index contributed by atoms with van der Waals surface area (Å²) in [6.45, 7) is 0. The lowest BCUT2D eigenvalue weighted by Gasteiger charge is -2.11. The van der Waals surface area contributed by atoms with E-state index in [1.807, 2.05) is 6.07 Å². The molecule has 0 radical (unpaired) electrons. The van der Waals surface area contributed by atoms with E-state index in [0.717, 1.165) is 40.2 Å². The summed E-state index contributed by atoms with van der Waals surface area (Å²) < 4.78 is 2.32. The maximum atomic E-state index is 6.36. The van der Waals surface area contributed by atoms with Gasteiger partial charge in [0.25, 0.3) is 0 Å². The molecule has 0 amide bonds. The molecule has 7 rings (SSSR count). The fourth-order valence-corrected chi connectivity index (χ4v) is 5.32. The highest BCUT2D eigenvalue weighted by molar-refractivity contribution is 6.28. The highest BCUT2D eigenvalue weighted by atomic mass is 35.5. The van der Waals surface area contributed by atoms with Crippen LogP contribution in [0.5, 0.6) is 0 Å². The average Bonchev–Trinajstić information content (AvgIpc) is 3.40. The Bertz CT molecular complexity index is 1640. The number of nitrogens with zero attached hydrogens (tertiary/aromatic N) is 3. The molecule has 0 N–H and O–H groups in total. The number of hydrogen-bond acceptors (Lipinski definition) is 2. The Labute approximate surface area is 195 Å². The van der Waals surface area contributed by atoms with Crippen molar-refractivity contribution in [1.29, 1.82) is 0 Å². The number of halogens is 1. The van der Waals surface area contributed by atoms with Crippen molar-refractivity contribution >= 4 is 33.4 Å². The van der Waals surface area contributed by atoms with E-state index in [2.05, 4.69) is 106 Å². The quantitative estimate of drug-likeness (QED) is 0.259. The van der Waals surface area contributed by atoms with Gasteiger partial charge in [-0.2, -0.15) is 0 Å². The van der Waals surface area contributed by atoms with Crippen LogP contribution in [0.1, 0.15) is 11.1 Å². The second kappa shape index (κ2) is 7.03. The SMILES string of the molecule is Clc1nc(-c2ccc(-n3c4ccccc4c4ccccc43)cc2)c2c(n1)-c1ccccc1C2. The zero-order valence-corrected chi connectivity index (χ0v) is 18.4. The van der Waals surface area contributed by atoms with Gasteiger partial charge in [0.15, 0.2) is 0 Å². The molecule has 0 atom stereocenters. The summed E-state index contributed by atoms with van der Waals surface area (Å²) in [6.07, 6.45) is 0.826. The molecule has 0 spiro atoms. The summed E-state index contributed by atoms with van der Waals surface area (Å²) >= 11 is 6.36. The molecule has 1 aliphatic rings. The van der Waals surface area contributed by atoms with Crippen molar-refractivity contribution in [1.82, 2.24) is 14.5 Å². The lowest BCUT2D eigenvalue weighted by Crippen LogP contribution is -1.97. The summed E-state index contributed by atoms with van der Waals surface area (Å²) in [5.41, 5.74) is 10.0. The minimum absolute atomic E-state index is 0.284. The summed E-state index contributed by atoms with van der Waals surface area (Å²) in [6, 6.07) is 34.1. The van der Waals surface area contributed by atoms with Gasteiger partial charge in [0, 0.05) is 39.6 Å². The van der Waals surface area contributed by atoms with E-state index in [4.69, 9.17) is 11.6 Å². The number of rotatable bonds is 2. The average molecular weight is 444 g/mol. The first-order chi connectivity index (χ1) is 16.3. The van der Waals surface area contributed by atoms with Crippen LogP contribution in [-0.4, -0.2) is 14.5 Å². The number of para-hydroxylation sites is 2. The molecule has 4 heteroatoms. The zero-order valence-electron chi connectivity index (χ0n) is 17.7. The summed E-state index contributed by atoms with van der Waals surface area (Å²) in [5, 5.41) is 2.80. The van der Waals surface area contributed by atoms with Crippen molar-refractivity contribution in [3.05, 3.63) is 113 Å². The Morgan fingerprint density at radius 3 is 1.97 bits per heavy atom. The molecule has 33 heavy (non-hydrogen) atoms. The molecule has 0 saturated heterocycles. The standard InChI is InChI=1S/C29H18ClN3/c30-29-31-27(24-17-19-7-1-2-8-21(19)28(24)32-29)18-13-15-20(16-14-18)33-25-11-5-3-9-22(25)23-10-4-6-12-26(23)33/h1-16H,17H2. The third kappa shape index (κ3) is 2.76. The number of aromatic nitrogens is 3. The highest BCUT2D eigenvalue weighted by Crippen LogP contribution is 2.40. The van der Waals surface area contributed by atoms with Gasteiger partial charge in [-0.25, -0.2) is 9.97 Å². The van der Waals surface area contributed by atoms with Crippen LogP contribution in [0.4, 0.5) is 0 Å². The molecule has 2 aromatic heterocycles. The topological polar surface area (TPSA) is 30.7 Å². The number of benzene rings is 4. The van der Waals surface area contributed by atoms with Gasteiger partial charge < -0.3 is 4.57 Å². The monoisotopic (exact) mass is 443 g/mol. The van der Waals surface area contributed by atoms with E-state index in [9.17, 15) is 0 Å². The van der Waals surface area contributed by atoms with Crippen molar-refractivity contribution in [2.24, 2.45) is 0 Å². The van der Waals surface area contributed by atoms with Gasteiger partial charge in [-0.05, 0) is 41.4 Å². The number of fused-ring (bicyclic) bond motifs is 6. The Morgan fingerprint density at radius 2 is 1.24 bits per heavy atom. The third-order valence-electron chi connectivity index (χ3n) is 6.60. The van der Waals surface area contributed by atoms with Gasteiger partial charge in [-0.15, -0.1) is 0 Å². The van der Waals surface area contributed by atoms with Crippen LogP contribution >= 0.6 is 11.6 Å². The first-order valence-corrected chi connectivity index (χ1v) is 11.4. The maximum absolute atomic E-state index is 6.36. The Kier molecular flexibility index (Phi) is 3.96.